The molecule has 3 nitrogen and oxygen atoms in total. The first kappa shape index (κ1) is 17.2. The van der Waals surface area contributed by atoms with Crippen molar-refractivity contribution in [2.24, 2.45) is 0 Å². The van der Waals surface area contributed by atoms with E-state index in [0.717, 1.165) is 24.0 Å². The number of nitrogens with one attached hydrogen (secondary N) is 1. The van der Waals surface area contributed by atoms with E-state index in [1.54, 1.807) is 12.1 Å². The Morgan fingerprint density at radius 3 is 2.40 bits per heavy atom. The van der Waals surface area contributed by atoms with E-state index in [-0.39, 0.29) is 6.04 Å². The number of sulfonamides is 1. The summed E-state index contributed by atoms with van der Waals surface area (Å²) in [5, 5.41) is 0. The maximum atomic E-state index is 12.3. The lowest BCUT2D eigenvalue weighted by Gasteiger charge is -2.15. The van der Waals surface area contributed by atoms with E-state index >= 15 is 0 Å². The quantitative estimate of drug-likeness (QED) is 0.739. The number of unbranched alkanes of at least 4 members (excludes halogenated alkanes) is 3. The van der Waals surface area contributed by atoms with Gasteiger partial charge in [0.25, 0.3) is 0 Å². The molecule has 0 aliphatic rings. The fourth-order valence-electron chi connectivity index (χ4n) is 2.15. The second-order valence-corrected chi connectivity index (χ2v) is 7.33. The molecule has 20 heavy (non-hydrogen) atoms. The molecule has 4 heteroatoms. The summed E-state index contributed by atoms with van der Waals surface area (Å²) in [5.41, 5.74) is 2.11. The smallest absolute Gasteiger partial charge is 0.208 e. The molecule has 0 saturated carbocycles. The minimum Gasteiger partial charge on any atom is -0.208 e. The van der Waals surface area contributed by atoms with Gasteiger partial charge in [0.2, 0.25) is 10.0 Å². The van der Waals surface area contributed by atoms with Crippen LogP contribution < -0.4 is 4.72 Å². The monoisotopic (exact) mass is 297 g/mol. The summed E-state index contributed by atoms with van der Waals surface area (Å²) >= 11 is 0. The van der Waals surface area contributed by atoms with Gasteiger partial charge in [-0.1, -0.05) is 38.7 Å². The molecular weight excluding hydrogens is 270 g/mol. The van der Waals surface area contributed by atoms with E-state index in [0.29, 0.717) is 4.90 Å². The van der Waals surface area contributed by atoms with E-state index in [1.165, 1.54) is 19.3 Å². The Kier molecular flexibility index (Phi) is 6.69. The molecule has 114 valence electrons. The highest BCUT2D eigenvalue weighted by Crippen LogP contribution is 2.16. The molecule has 0 bridgehead atoms. The van der Waals surface area contributed by atoms with Gasteiger partial charge in [-0.15, -0.1) is 0 Å². The Labute approximate surface area is 123 Å². The first-order valence-electron chi connectivity index (χ1n) is 7.46. The molecule has 0 radical (unpaired) electrons. The van der Waals surface area contributed by atoms with Crippen molar-refractivity contribution in [2.45, 2.75) is 70.7 Å². The fourth-order valence-corrected chi connectivity index (χ4v) is 3.51. The molecule has 0 spiro atoms. The Morgan fingerprint density at radius 2 is 1.80 bits per heavy atom. The zero-order valence-electron chi connectivity index (χ0n) is 13.1. The second kappa shape index (κ2) is 7.79. The maximum Gasteiger partial charge on any atom is 0.240 e. The van der Waals surface area contributed by atoms with E-state index in [4.69, 9.17) is 0 Å². The van der Waals surface area contributed by atoms with Gasteiger partial charge in [-0.3, -0.25) is 0 Å². The van der Waals surface area contributed by atoms with Crippen molar-refractivity contribution in [3.63, 3.8) is 0 Å². The van der Waals surface area contributed by atoms with Crippen molar-refractivity contribution in [3.05, 3.63) is 29.3 Å². The molecule has 1 rings (SSSR count). The standard InChI is InChI=1S/C16H27NO2S/c1-5-6-7-8-9-15(4)17-20(18,19)16-11-10-13(2)14(3)12-16/h10-12,15,17H,5-9H2,1-4H3. The lowest BCUT2D eigenvalue weighted by molar-refractivity contribution is 0.522. The first-order valence-corrected chi connectivity index (χ1v) is 8.94. The van der Waals surface area contributed by atoms with E-state index < -0.39 is 10.0 Å². The number of aryl methyl sites for hydroxylation is 2. The van der Waals surface area contributed by atoms with Crippen molar-refractivity contribution in [1.29, 1.82) is 0 Å². The molecule has 0 aliphatic carbocycles. The number of hydrogen-bond acceptors (Lipinski definition) is 2. The van der Waals surface area contributed by atoms with Gasteiger partial charge in [0.1, 0.15) is 0 Å². The normalized spacial score (nSPS) is 13.4. The molecule has 0 fully saturated rings. The molecule has 0 aromatic heterocycles. The Balaban J connectivity index is 2.62. The van der Waals surface area contributed by atoms with Crippen LogP contribution in [0.15, 0.2) is 23.1 Å². The molecule has 1 atom stereocenters. The first-order chi connectivity index (χ1) is 9.36. The molecule has 1 aromatic rings. The Hall–Kier alpha value is -0.870. The Bertz CT molecular complexity index is 523. The summed E-state index contributed by atoms with van der Waals surface area (Å²) in [6.45, 7) is 8.02. The van der Waals surface area contributed by atoms with Gasteiger partial charge in [-0.2, -0.15) is 0 Å². The van der Waals surface area contributed by atoms with Crippen LogP contribution in [0.2, 0.25) is 0 Å². The zero-order chi connectivity index (χ0) is 15.2. The van der Waals surface area contributed by atoms with Gasteiger partial charge in [0.15, 0.2) is 0 Å². The van der Waals surface area contributed by atoms with Crippen LogP contribution >= 0.6 is 0 Å². The predicted octanol–water partition coefficient (Wildman–Crippen LogP) is 3.94. The average molecular weight is 297 g/mol. The summed E-state index contributed by atoms with van der Waals surface area (Å²) in [6, 6.07) is 5.25. The van der Waals surface area contributed by atoms with Crippen molar-refractivity contribution in [2.75, 3.05) is 0 Å². The fraction of sp³-hybridized carbons (Fsp3) is 0.625. The highest BCUT2D eigenvalue weighted by molar-refractivity contribution is 7.89. The highest BCUT2D eigenvalue weighted by atomic mass is 32.2. The summed E-state index contributed by atoms with van der Waals surface area (Å²) in [4.78, 5) is 0.362. The SMILES string of the molecule is CCCCCCC(C)NS(=O)(=O)c1ccc(C)c(C)c1. The lowest BCUT2D eigenvalue weighted by Crippen LogP contribution is -2.32. The molecule has 0 amide bonds. The summed E-state index contributed by atoms with van der Waals surface area (Å²) in [7, 11) is -3.39. The van der Waals surface area contributed by atoms with Crippen molar-refractivity contribution >= 4 is 10.0 Å². The van der Waals surface area contributed by atoms with Crippen LogP contribution in [0.1, 0.15) is 57.1 Å². The third-order valence-electron chi connectivity index (χ3n) is 3.64. The lowest BCUT2D eigenvalue weighted by atomic mass is 10.1. The van der Waals surface area contributed by atoms with Crippen LogP contribution in [0.25, 0.3) is 0 Å². The topological polar surface area (TPSA) is 46.2 Å². The molecule has 0 saturated heterocycles. The third-order valence-corrected chi connectivity index (χ3v) is 5.22. The molecule has 1 aromatic carbocycles. The largest absolute Gasteiger partial charge is 0.240 e. The van der Waals surface area contributed by atoms with E-state index in [1.807, 2.05) is 26.8 Å². The van der Waals surface area contributed by atoms with Gasteiger partial charge in [-0.25, -0.2) is 13.1 Å². The molecule has 0 aliphatic heterocycles. The molecule has 1 unspecified atom stereocenters. The molecule has 1 N–H and O–H groups in total. The van der Waals surface area contributed by atoms with Gasteiger partial charge < -0.3 is 0 Å². The van der Waals surface area contributed by atoms with Crippen LogP contribution in [-0.4, -0.2) is 14.5 Å². The van der Waals surface area contributed by atoms with Gasteiger partial charge >= 0.3 is 0 Å². The predicted molar refractivity (Wildman–Crippen MR) is 84.5 cm³/mol. The summed E-state index contributed by atoms with van der Waals surface area (Å²) in [6.07, 6.45) is 5.56. The third kappa shape index (κ3) is 5.25. The number of benzene rings is 1. The highest BCUT2D eigenvalue weighted by Gasteiger charge is 2.17. The zero-order valence-corrected chi connectivity index (χ0v) is 13.9. The van der Waals surface area contributed by atoms with Crippen LogP contribution in [0.3, 0.4) is 0 Å². The van der Waals surface area contributed by atoms with Crippen LogP contribution in [0.5, 0.6) is 0 Å². The van der Waals surface area contributed by atoms with Crippen LogP contribution in [-0.2, 0) is 10.0 Å². The summed E-state index contributed by atoms with van der Waals surface area (Å²) < 4.78 is 27.3. The van der Waals surface area contributed by atoms with Crippen molar-refractivity contribution in [1.82, 2.24) is 4.72 Å². The maximum absolute atomic E-state index is 12.3. The Morgan fingerprint density at radius 1 is 1.10 bits per heavy atom. The van der Waals surface area contributed by atoms with Gasteiger partial charge in [0.05, 0.1) is 4.90 Å². The summed E-state index contributed by atoms with van der Waals surface area (Å²) in [5.74, 6) is 0. The van der Waals surface area contributed by atoms with Gasteiger partial charge in [0, 0.05) is 6.04 Å². The van der Waals surface area contributed by atoms with Crippen molar-refractivity contribution < 1.29 is 8.42 Å². The van der Waals surface area contributed by atoms with Crippen LogP contribution in [0, 0.1) is 13.8 Å². The average Bonchev–Trinajstić information content (AvgIpc) is 2.37. The number of hydrogen-bond donors (Lipinski definition) is 1. The molecular formula is C16H27NO2S. The second-order valence-electron chi connectivity index (χ2n) is 5.62. The minimum absolute atomic E-state index is 0.0153. The van der Waals surface area contributed by atoms with E-state index in [9.17, 15) is 8.42 Å². The van der Waals surface area contributed by atoms with Crippen molar-refractivity contribution in [3.8, 4) is 0 Å². The number of rotatable bonds is 8. The van der Waals surface area contributed by atoms with Crippen LogP contribution in [0.4, 0.5) is 0 Å². The molecule has 0 heterocycles. The van der Waals surface area contributed by atoms with E-state index in [2.05, 4.69) is 11.6 Å². The minimum atomic E-state index is -3.39. The van der Waals surface area contributed by atoms with Gasteiger partial charge in [-0.05, 0) is 50.5 Å².